The van der Waals surface area contributed by atoms with Gasteiger partial charge in [-0.15, -0.1) is 10.2 Å². The van der Waals surface area contributed by atoms with E-state index in [-0.39, 0.29) is 11.8 Å². The minimum atomic E-state index is -4.03. The summed E-state index contributed by atoms with van der Waals surface area (Å²) in [5, 5.41) is 7.70. The van der Waals surface area contributed by atoms with Gasteiger partial charge in [0.2, 0.25) is 21.9 Å². The van der Waals surface area contributed by atoms with Gasteiger partial charge in [-0.1, -0.05) is 17.7 Å². The summed E-state index contributed by atoms with van der Waals surface area (Å²) in [5.41, 5.74) is -0.0126. The predicted octanol–water partition coefficient (Wildman–Crippen LogP) is 2.45. The van der Waals surface area contributed by atoms with Crippen LogP contribution in [-0.4, -0.2) is 71.3 Å². The van der Waals surface area contributed by atoms with Gasteiger partial charge in [0, 0.05) is 32.7 Å². The molecule has 0 unspecified atom stereocenters. The van der Waals surface area contributed by atoms with Gasteiger partial charge in [0.25, 0.3) is 0 Å². The summed E-state index contributed by atoms with van der Waals surface area (Å²) in [6, 6.07) is 5.24. The van der Waals surface area contributed by atoms with Crippen LogP contribution in [0.5, 0.6) is 5.88 Å². The van der Waals surface area contributed by atoms with Gasteiger partial charge in [-0.05, 0) is 25.8 Å². The van der Waals surface area contributed by atoms with Crippen molar-refractivity contribution in [1.82, 2.24) is 29.7 Å². The van der Waals surface area contributed by atoms with Gasteiger partial charge in [0.05, 0.1) is 24.3 Å². The second kappa shape index (κ2) is 10.0. The molecule has 3 heterocycles. The van der Waals surface area contributed by atoms with Crippen molar-refractivity contribution in [2.75, 3.05) is 32.7 Å². The maximum atomic E-state index is 13.4. The van der Waals surface area contributed by atoms with Gasteiger partial charge in [0.15, 0.2) is 11.6 Å². The number of nitrogens with one attached hydrogen (secondary N) is 1. The molecule has 0 radical (unpaired) electrons. The standard InChI is InChI=1S/C21H26ClN7O5S/c1-13(17(34-4)18-23-10-14(22)11-24-18)35(30,31)28-20-27-26-19(15-6-5-7-16(25-15)33-3)29(20)21(8-9-21)12-32-2/h5-7,10-11,13,17H,8-9,12H2,1-4H3,(H,27,28)/t13-,17-/m0/s1. The highest BCUT2D eigenvalue weighted by Gasteiger charge is 2.49. The Balaban J connectivity index is 1.71. The Hall–Kier alpha value is -2.87. The summed E-state index contributed by atoms with van der Waals surface area (Å²) >= 11 is 5.86. The zero-order valence-corrected chi connectivity index (χ0v) is 21.2. The van der Waals surface area contributed by atoms with E-state index >= 15 is 0 Å². The van der Waals surface area contributed by atoms with Crippen molar-refractivity contribution in [2.24, 2.45) is 0 Å². The first-order valence-electron chi connectivity index (χ1n) is 10.7. The molecular formula is C21H26ClN7O5S. The molecule has 0 aromatic carbocycles. The molecule has 1 saturated carbocycles. The highest BCUT2D eigenvalue weighted by molar-refractivity contribution is 7.93. The Kier molecular flexibility index (Phi) is 7.22. The molecule has 0 aliphatic heterocycles. The zero-order chi connectivity index (χ0) is 25.2. The molecule has 0 amide bonds. The van der Waals surface area contributed by atoms with Crippen LogP contribution in [0.2, 0.25) is 5.02 Å². The lowest BCUT2D eigenvalue weighted by molar-refractivity contribution is 0.0950. The van der Waals surface area contributed by atoms with Gasteiger partial charge in [-0.25, -0.2) is 23.4 Å². The highest BCUT2D eigenvalue weighted by atomic mass is 35.5. The Morgan fingerprint density at radius 2 is 1.89 bits per heavy atom. The highest BCUT2D eigenvalue weighted by Crippen LogP contribution is 2.47. The van der Waals surface area contributed by atoms with E-state index in [0.29, 0.717) is 29.0 Å². The van der Waals surface area contributed by atoms with Crippen LogP contribution in [0.3, 0.4) is 0 Å². The van der Waals surface area contributed by atoms with Crippen molar-refractivity contribution < 1.29 is 22.6 Å². The van der Waals surface area contributed by atoms with Crippen LogP contribution in [0.1, 0.15) is 31.7 Å². The number of nitrogens with zero attached hydrogens (tertiary/aromatic N) is 6. The molecule has 3 aromatic rings. The lowest BCUT2D eigenvalue weighted by Crippen LogP contribution is -2.35. The lowest BCUT2D eigenvalue weighted by atomic mass is 10.2. The summed E-state index contributed by atoms with van der Waals surface area (Å²) in [7, 11) is 0.467. The Labute approximate surface area is 208 Å². The van der Waals surface area contributed by atoms with Crippen LogP contribution in [0.4, 0.5) is 5.95 Å². The second-order valence-electron chi connectivity index (χ2n) is 8.17. The quantitative estimate of drug-likeness (QED) is 0.398. The first-order chi connectivity index (χ1) is 16.7. The minimum absolute atomic E-state index is 0.0536. The Morgan fingerprint density at radius 3 is 2.49 bits per heavy atom. The third-order valence-electron chi connectivity index (χ3n) is 5.84. The smallest absolute Gasteiger partial charge is 0.240 e. The van der Waals surface area contributed by atoms with E-state index in [2.05, 4.69) is 29.9 Å². The maximum Gasteiger partial charge on any atom is 0.240 e. The number of sulfonamides is 1. The molecule has 12 nitrogen and oxygen atoms in total. The first-order valence-corrected chi connectivity index (χ1v) is 12.6. The molecule has 0 spiro atoms. The number of pyridine rings is 1. The van der Waals surface area contributed by atoms with Crippen LogP contribution >= 0.6 is 11.6 Å². The summed E-state index contributed by atoms with van der Waals surface area (Å²) in [6.45, 7) is 1.85. The molecule has 2 atom stereocenters. The van der Waals surface area contributed by atoms with Crippen molar-refractivity contribution in [2.45, 2.75) is 36.7 Å². The van der Waals surface area contributed by atoms with E-state index in [0.717, 1.165) is 12.8 Å². The number of anilines is 1. The zero-order valence-electron chi connectivity index (χ0n) is 19.7. The largest absolute Gasteiger partial charge is 0.481 e. The molecule has 1 aliphatic rings. The van der Waals surface area contributed by atoms with Crippen LogP contribution in [0.15, 0.2) is 30.6 Å². The topological polar surface area (TPSA) is 143 Å². The van der Waals surface area contributed by atoms with E-state index in [4.69, 9.17) is 25.8 Å². The van der Waals surface area contributed by atoms with Crippen LogP contribution in [0, 0.1) is 0 Å². The number of hydrogen-bond donors (Lipinski definition) is 1. The third kappa shape index (κ3) is 5.08. The van der Waals surface area contributed by atoms with Crippen molar-refractivity contribution in [1.29, 1.82) is 0 Å². The summed E-state index contributed by atoms with van der Waals surface area (Å²) in [6.07, 6.45) is 3.34. The van der Waals surface area contributed by atoms with Crippen LogP contribution < -0.4 is 9.46 Å². The fraction of sp³-hybridized carbons (Fsp3) is 0.476. The van der Waals surface area contributed by atoms with Crippen molar-refractivity contribution >= 4 is 27.6 Å². The molecule has 188 valence electrons. The van der Waals surface area contributed by atoms with Crippen LogP contribution in [-0.2, 0) is 25.0 Å². The van der Waals surface area contributed by atoms with Crippen LogP contribution in [0.25, 0.3) is 11.5 Å². The third-order valence-corrected chi connectivity index (χ3v) is 7.73. The molecule has 1 fully saturated rings. The predicted molar refractivity (Wildman–Crippen MR) is 128 cm³/mol. The number of hydrogen-bond acceptors (Lipinski definition) is 10. The molecule has 1 aliphatic carbocycles. The summed E-state index contributed by atoms with van der Waals surface area (Å²) < 4.78 is 47.3. The minimum Gasteiger partial charge on any atom is -0.481 e. The molecule has 4 rings (SSSR count). The molecule has 3 aromatic heterocycles. The second-order valence-corrected chi connectivity index (χ2v) is 10.6. The molecule has 0 saturated heterocycles. The van der Waals surface area contributed by atoms with Crippen molar-refractivity contribution in [3.05, 3.63) is 41.4 Å². The normalized spacial score (nSPS) is 16.5. The van der Waals surface area contributed by atoms with Gasteiger partial charge in [-0.3, -0.25) is 9.29 Å². The van der Waals surface area contributed by atoms with E-state index in [9.17, 15) is 8.42 Å². The molecular weight excluding hydrogens is 498 g/mol. The SMILES string of the molecule is COCC1(n2c(NS(=O)(=O)[C@@H](C)[C@H](OC)c3ncc(Cl)cn3)nnc2-c2cccc(OC)n2)CC1. The molecule has 35 heavy (non-hydrogen) atoms. The summed E-state index contributed by atoms with van der Waals surface area (Å²) in [5.74, 6) is 1.04. The fourth-order valence-corrected chi connectivity index (χ4v) is 5.05. The van der Waals surface area contributed by atoms with E-state index in [1.54, 1.807) is 29.9 Å². The van der Waals surface area contributed by atoms with Crippen molar-refractivity contribution in [3.8, 4) is 17.4 Å². The Bertz CT molecular complexity index is 1280. The van der Waals surface area contributed by atoms with E-state index in [1.165, 1.54) is 33.5 Å². The lowest BCUT2D eigenvalue weighted by Gasteiger charge is -2.24. The average molecular weight is 524 g/mol. The van der Waals surface area contributed by atoms with Gasteiger partial charge in [-0.2, -0.15) is 0 Å². The number of rotatable bonds is 11. The first kappa shape index (κ1) is 25.2. The average Bonchev–Trinajstić information content (AvgIpc) is 3.50. The number of methoxy groups -OCH3 is 3. The van der Waals surface area contributed by atoms with Crippen molar-refractivity contribution in [3.63, 3.8) is 0 Å². The monoisotopic (exact) mass is 523 g/mol. The van der Waals surface area contributed by atoms with E-state index in [1.807, 2.05) is 0 Å². The Morgan fingerprint density at radius 1 is 1.17 bits per heavy atom. The maximum absolute atomic E-state index is 13.4. The number of ether oxygens (including phenoxy) is 3. The van der Waals surface area contributed by atoms with Gasteiger partial charge >= 0.3 is 0 Å². The number of aromatic nitrogens is 6. The van der Waals surface area contributed by atoms with Gasteiger partial charge in [0.1, 0.15) is 17.0 Å². The summed E-state index contributed by atoms with van der Waals surface area (Å²) in [4.78, 5) is 12.7. The van der Waals surface area contributed by atoms with E-state index < -0.39 is 26.9 Å². The molecule has 1 N–H and O–H groups in total. The molecule has 0 bridgehead atoms. The number of halogens is 1. The molecule has 14 heteroatoms. The fourth-order valence-electron chi connectivity index (χ4n) is 3.82. The van der Waals surface area contributed by atoms with Gasteiger partial charge < -0.3 is 14.2 Å².